The van der Waals surface area contributed by atoms with Crippen molar-refractivity contribution < 1.29 is 9.53 Å². The SMILES string of the molecule is COC(=O)C1(Nc2ccccc2)CCCC(C)CC1. The number of anilines is 1. The molecule has 0 bridgehead atoms. The Morgan fingerprint density at radius 1 is 1.26 bits per heavy atom. The Kier molecular flexibility index (Phi) is 4.46. The van der Waals surface area contributed by atoms with Gasteiger partial charge in [0, 0.05) is 5.69 Å². The van der Waals surface area contributed by atoms with E-state index in [2.05, 4.69) is 12.2 Å². The van der Waals surface area contributed by atoms with Gasteiger partial charge in [-0.05, 0) is 37.3 Å². The Balaban J connectivity index is 2.22. The lowest BCUT2D eigenvalue weighted by Gasteiger charge is -2.32. The Hall–Kier alpha value is -1.51. The molecule has 0 amide bonds. The summed E-state index contributed by atoms with van der Waals surface area (Å²) in [6.45, 7) is 2.26. The van der Waals surface area contributed by atoms with E-state index in [9.17, 15) is 4.79 Å². The molecule has 3 nitrogen and oxygen atoms in total. The van der Waals surface area contributed by atoms with Gasteiger partial charge >= 0.3 is 5.97 Å². The molecule has 1 saturated carbocycles. The molecule has 19 heavy (non-hydrogen) atoms. The average molecular weight is 261 g/mol. The minimum Gasteiger partial charge on any atom is -0.467 e. The lowest BCUT2D eigenvalue weighted by molar-refractivity contribution is -0.146. The van der Waals surface area contributed by atoms with E-state index in [0.29, 0.717) is 5.92 Å². The minimum absolute atomic E-state index is 0.134. The zero-order chi connectivity index (χ0) is 13.7. The number of methoxy groups -OCH3 is 1. The molecule has 1 N–H and O–H groups in total. The van der Waals surface area contributed by atoms with E-state index in [1.54, 1.807) is 0 Å². The molecule has 1 aromatic carbocycles. The van der Waals surface area contributed by atoms with Crippen LogP contribution in [0, 0.1) is 5.92 Å². The van der Waals surface area contributed by atoms with Crippen molar-refractivity contribution in [1.82, 2.24) is 0 Å². The standard InChI is InChI=1S/C16H23NO2/c1-13-7-6-11-16(12-10-13,15(18)19-2)17-14-8-4-3-5-9-14/h3-5,8-9,13,17H,6-7,10-12H2,1-2H3. The van der Waals surface area contributed by atoms with Crippen LogP contribution in [0.5, 0.6) is 0 Å². The first kappa shape index (κ1) is 13.9. The van der Waals surface area contributed by atoms with Gasteiger partial charge in [-0.2, -0.15) is 0 Å². The second kappa shape index (κ2) is 6.09. The smallest absolute Gasteiger partial charge is 0.331 e. The fourth-order valence-corrected chi connectivity index (χ4v) is 2.89. The van der Waals surface area contributed by atoms with Crippen molar-refractivity contribution in [2.45, 2.75) is 44.6 Å². The molecule has 1 aromatic rings. The highest BCUT2D eigenvalue weighted by Crippen LogP contribution is 2.34. The van der Waals surface area contributed by atoms with Crippen LogP contribution in [-0.4, -0.2) is 18.6 Å². The van der Waals surface area contributed by atoms with Crippen molar-refractivity contribution in [3.8, 4) is 0 Å². The highest BCUT2D eigenvalue weighted by atomic mass is 16.5. The summed E-state index contributed by atoms with van der Waals surface area (Å²) < 4.78 is 5.05. The van der Waals surface area contributed by atoms with Crippen molar-refractivity contribution >= 4 is 11.7 Å². The van der Waals surface area contributed by atoms with E-state index in [-0.39, 0.29) is 5.97 Å². The number of nitrogens with one attached hydrogen (secondary N) is 1. The van der Waals surface area contributed by atoms with Gasteiger partial charge in [-0.15, -0.1) is 0 Å². The minimum atomic E-state index is -0.555. The molecule has 2 unspecified atom stereocenters. The van der Waals surface area contributed by atoms with Crippen LogP contribution >= 0.6 is 0 Å². The van der Waals surface area contributed by atoms with Crippen molar-refractivity contribution in [3.05, 3.63) is 30.3 Å². The predicted molar refractivity (Wildman–Crippen MR) is 77.1 cm³/mol. The maximum Gasteiger partial charge on any atom is 0.331 e. The van der Waals surface area contributed by atoms with Gasteiger partial charge < -0.3 is 10.1 Å². The summed E-state index contributed by atoms with van der Waals surface area (Å²) in [5, 5.41) is 3.43. The highest BCUT2D eigenvalue weighted by molar-refractivity contribution is 5.84. The monoisotopic (exact) mass is 261 g/mol. The van der Waals surface area contributed by atoms with Crippen LogP contribution in [0.25, 0.3) is 0 Å². The van der Waals surface area contributed by atoms with E-state index in [0.717, 1.165) is 31.4 Å². The largest absolute Gasteiger partial charge is 0.467 e. The molecule has 2 atom stereocenters. The maximum atomic E-state index is 12.3. The molecule has 0 aliphatic heterocycles. The van der Waals surface area contributed by atoms with E-state index >= 15 is 0 Å². The average Bonchev–Trinajstić information content (AvgIpc) is 2.62. The van der Waals surface area contributed by atoms with Crippen molar-refractivity contribution in [2.75, 3.05) is 12.4 Å². The molecule has 0 spiro atoms. The zero-order valence-electron chi connectivity index (χ0n) is 11.8. The molecule has 1 aliphatic carbocycles. The van der Waals surface area contributed by atoms with Crippen molar-refractivity contribution in [1.29, 1.82) is 0 Å². The molecule has 0 radical (unpaired) electrons. The molecule has 1 fully saturated rings. The number of ether oxygens (including phenoxy) is 1. The van der Waals surface area contributed by atoms with Gasteiger partial charge in [0.15, 0.2) is 0 Å². The zero-order valence-corrected chi connectivity index (χ0v) is 11.8. The van der Waals surface area contributed by atoms with Gasteiger partial charge in [-0.1, -0.05) is 38.0 Å². The summed E-state index contributed by atoms with van der Waals surface area (Å²) >= 11 is 0. The number of carbonyl (C=O) groups is 1. The van der Waals surface area contributed by atoms with Crippen LogP contribution in [0.4, 0.5) is 5.69 Å². The Bertz CT molecular complexity index is 418. The van der Waals surface area contributed by atoms with Gasteiger partial charge in [0.1, 0.15) is 5.54 Å². The number of esters is 1. The van der Waals surface area contributed by atoms with Gasteiger partial charge in [0.25, 0.3) is 0 Å². The van der Waals surface area contributed by atoms with Gasteiger partial charge in [-0.25, -0.2) is 4.79 Å². The molecule has 1 aliphatic rings. The fraction of sp³-hybridized carbons (Fsp3) is 0.562. The number of benzene rings is 1. The highest BCUT2D eigenvalue weighted by Gasteiger charge is 2.40. The summed E-state index contributed by atoms with van der Waals surface area (Å²) in [6, 6.07) is 9.93. The molecular formula is C16H23NO2. The summed E-state index contributed by atoms with van der Waals surface area (Å²) in [5.41, 5.74) is 0.434. The summed E-state index contributed by atoms with van der Waals surface area (Å²) in [5.74, 6) is 0.551. The normalized spacial score (nSPS) is 27.4. The first-order chi connectivity index (χ1) is 9.16. The number of hydrogen-bond acceptors (Lipinski definition) is 3. The summed E-state index contributed by atoms with van der Waals surface area (Å²) in [6.07, 6.45) is 5.01. The summed E-state index contributed by atoms with van der Waals surface area (Å²) in [4.78, 5) is 12.3. The van der Waals surface area contributed by atoms with Crippen LogP contribution in [0.3, 0.4) is 0 Å². The molecular weight excluding hydrogens is 238 g/mol. The van der Waals surface area contributed by atoms with E-state index < -0.39 is 5.54 Å². The molecule has 0 heterocycles. The van der Waals surface area contributed by atoms with E-state index in [4.69, 9.17) is 4.74 Å². The molecule has 104 valence electrons. The first-order valence-corrected chi connectivity index (χ1v) is 7.08. The summed E-state index contributed by atoms with van der Waals surface area (Å²) in [7, 11) is 1.48. The lowest BCUT2D eigenvalue weighted by Crippen LogP contribution is -2.46. The maximum absolute atomic E-state index is 12.3. The predicted octanol–water partition coefficient (Wildman–Crippen LogP) is 3.61. The van der Waals surface area contributed by atoms with E-state index in [1.807, 2.05) is 30.3 Å². The second-order valence-electron chi connectivity index (χ2n) is 5.60. The third kappa shape index (κ3) is 3.28. The molecule has 0 aromatic heterocycles. The third-order valence-corrected chi connectivity index (χ3v) is 4.10. The topological polar surface area (TPSA) is 38.3 Å². The number of rotatable bonds is 3. The van der Waals surface area contributed by atoms with Gasteiger partial charge in [0.05, 0.1) is 7.11 Å². The number of para-hydroxylation sites is 1. The van der Waals surface area contributed by atoms with Gasteiger partial charge in [0.2, 0.25) is 0 Å². The lowest BCUT2D eigenvalue weighted by atomic mass is 9.89. The first-order valence-electron chi connectivity index (χ1n) is 7.08. The second-order valence-corrected chi connectivity index (χ2v) is 5.60. The van der Waals surface area contributed by atoms with Crippen LogP contribution in [0.1, 0.15) is 39.0 Å². The third-order valence-electron chi connectivity index (χ3n) is 4.10. The molecule has 2 rings (SSSR count). The molecule has 3 heteroatoms. The Morgan fingerprint density at radius 2 is 2.00 bits per heavy atom. The van der Waals surface area contributed by atoms with Gasteiger partial charge in [-0.3, -0.25) is 0 Å². The van der Waals surface area contributed by atoms with Crippen LogP contribution < -0.4 is 5.32 Å². The number of hydrogen-bond donors (Lipinski definition) is 1. The number of carbonyl (C=O) groups excluding carboxylic acids is 1. The Morgan fingerprint density at radius 3 is 2.68 bits per heavy atom. The fourth-order valence-electron chi connectivity index (χ4n) is 2.89. The molecule has 0 saturated heterocycles. The van der Waals surface area contributed by atoms with Crippen molar-refractivity contribution in [2.24, 2.45) is 5.92 Å². The quantitative estimate of drug-likeness (QED) is 0.667. The van der Waals surface area contributed by atoms with E-state index in [1.165, 1.54) is 13.5 Å². The van der Waals surface area contributed by atoms with Crippen LogP contribution in [0.2, 0.25) is 0 Å². The van der Waals surface area contributed by atoms with Crippen LogP contribution in [0.15, 0.2) is 30.3 Å². The van der Waals surface area contributed by atoms with Crippen molar-refractivity contribution in [3.63, 3.8) is 0 Å². The Labute approximate surface area is 115 Å². The van der Waals surface area contributed by atoms with Crippen LogP contribution in [-0.2, 0) is 9.53 Å².